The molecule has 16 heavy (non-hydrogen) atoms. The minimum absolute atomic E-state index is 0.826. The molecule has 0 radical (unpaired) electrons. The second-order valence-corrected chi connectivity index (χ2v) is 3.87. The van der Waals surface area contributed by atoms with Gasteiger partial charge >= 0.3 is 0 Å². The molecule has 0 aliphatic rings. The van der Waals surface area contributed by atoms with Crippen LogP contribution >= 0.6 is 0 Å². The van der Waals surface area contributed by atoms with Crippen LogP contribution in [-0.2, 0) is 0 Å². The third-order valence-electron chi connectivity index (χ3n) is 1.64. The van der Waals surface area contributed by atoms with Crippen molar-refractivity contribution in [3.8, 4) is 23.7 Å². The zero-order chi connectivity index (χ0) is 12.0. The van der Waals surface area contributed by atoms with Crippen molar-refractivity contribution in [2.24, 2.45) is 0 Å². The fraction of sp³-hybridized carbons (Fsp3) is 0.286. The smallest absolute Gasteiger partial charge is 0.177 e. The quantitative estimate of drug-likeness (QED) is 0.636. The topological polar surface area (TPSA) is 40.5 Å². The Morgan fingerprint density at radius 2 is 1.75 bits per heavy atom. The van der Waals surface area contributed by atoms with Crippen LogP contribution in [0.3, 0.4) is 0 Å². The molecule has 0 amide bonds. The van der Waals surface area contributed by atoms with Gasteiger partial charge in [0.15, 0.2) is 6.10 Å². The Labute approximate surface area is 95.9 Å². The van der Waals surface area contributed by atoms with Crippen LogP contribution in [0.1, 0.15) is 19.4 Å². The van der Waals surface area contributed by atoms with Gasteiger partial charge in [-0.2, -0.15) is 0 Å². The third kappa shape index (κ3) is 5.22. The van der Waals surface area contributed by atoms with E-state index in [9.17, 15) is 10.2 Å². The van der Waals surface area contributed by atoms with E-state index in [0.29, 0.717) is 0 Å². The van der Waals surface area contributed by atoms with Gasteiger partial charge in [0.25, 0.3) is 0 Å². The van der Waals surface area contributed by atoms with E-state index in [1.54, 1.807) is 13.8 Å². The van der Waals surface area contributed by atoms with Crippen LogP contribution in [0.15, 0.2) is 30.3 Å². The van der Waals surface area contributed by atoms with Crippen molar-refractivity contribution in [1.29, 1.82) is 0 Å². The lowest BCUT2D eigenvalue weighted by molar-refractivity contribution is 0.143. The molecular formula is C14H14O2. The van der Waals surface area contributed by atoms with Gasteiger partial charge in [-0.3, -0.25) is 0 Å². The molecule has 0 bridgehead atoms. The maximum absolute atomic E-state index is 9.42. The fourth-order valence-electron chi connectivity index (χ4n) is 0.954. The van der Waals surface area contributed by atoms with Gasteiger partial charge in [0, 0.05) is 5.56 Å². The first kappa shape index (κ1) is 12.3. The zero-order valence-electron chi connectivity index (χ0n) is 9.36. The van der Waals surface area contributed by atoms with Crippen molar-refractivity contribution < 1.29 is 10.2 Å². The molecule has 1 rings (SSSR count). The van der Waals surface area contributed by atoms with Crippen LogP contribution in [0.5, 0.6) is 0 Å². The van der Waals surface area contributed by atoms with Crippen molar-refractivity contribution in [3.05, 3.63) is 35.9 Å². The first-order valence-corrected chi connectivity index (χ1v) is 4.97. The SMILES string of the molecule is CC(C)(O)C#CC(O)C#Cc1ccccc1. The molecule has 0 saturated heterocycles. The monoisotopic (exact) mass is 214 g/mol. The van der Waals surface area contributed by atoms with E-state index >= 15 is 0 Å². The average Bonchev–Trinajstić information content (AvgIpc) is 2.24. The van der Waals surface area contributed by atoms with Gasteiger partial charge in [0.05, 0.1) is 0 Å². The summed E-state index contributed by atoms with van der Waals surface area (Å²) >= 11 is 0. The lowest BCUT2D eigenvalue weighted by atomic mass is 10.1. The Balaban J connectivity index is 2.68. The molecule has 0 aromatic heterocycles. The van der Waals surface area contributed by atoms with E-state index in [1.807, 2.05) is 30.3 Å². The van der Waals surface area contributed by atoms with E-state index in [0.717, 1.165) is 5.56 Å². The van der Waals surface area contributed by atoms with Gasteiger partial charge in [-0.15, -0.1) is 0 Å². The van der Waals surface area contributed by atoms with Crippen LogP contribution in [-0.4, -0.2) is 21.9 Å². The van der Waals surface area contributed by atoms with E-state index in [2.05, 4.69) is 23.7 Å². The van der Waals surface area contributed by atoms with Crippen molar-refractivity contribution in [3.63, 3.8) is 0 Å². The minimum atomic E-state index is -1.10. The van der Waals surface area contributed by atoms with Crippen LogP contribution in [0.25, 0.3) is 0 Å². The molecule has 0 aliphatic carbocycles. The Kier molecular flexibility index (Phi) is 4.14. The fourth-order valence-corrected chi connectivity index (χ4v) is 0.954. The highest BCUT2D eigenvalue weighted by Crippen LogP contribution is 1.97. The van der Waals surface area contributed by atoms with Gasteiger partial charge in [0.2, 0.25) is 0 Å². The van der Waals surface area contributed by atoms with Crippen molar-refractivity contribution in [1.82, 2.24) is 0 Å². The molecule has 82 valence electrons. The summed E-state index contributed by atoms with van der Waals surface area (Å²) in [6.45, 7) is 3.11. The maximum Gasteiger partial charge on any atom is 0.177 e. The van der Waals surface area contributed by atoms with Crippen LogP contribution in [0.4, 0.5) is 0 Å². The lowest BCUT2D eigenvalue weighted by Gasteiger charge is -2.06. The number of hydrogen-bond acceptors (Lipinski definition) is 2. The number of rotatable bonds is 0. The van der Waals surface area contributed by atoms with Crippen molar-refractivity contribution in [2.75, 3.05) is 0 Å². The Morgan fingerprint density at radius 3 is 2.31 bits per heavy atom. The molecule has 0 heterocycles. The number of aliphatic hydroxyl groups excluding tert-OH is 1. The Morgan fingerprint density at radius 1 is 1.12 bits per heavy atom. The van der Waals surface area contributed by atoms with Crippen molar-refractivity contribution >= 4 is 0 Å². The molecule has 1 unspecified atom stereocenters. The molecule has 1 aromatic rings. The molecule has 0 aliphatic heterocycles. The van der Waals surface area contributed by atoms with Crippen LogP contribution in [0, 0.1) is 23.7 Å². The summed E-state index contributed by atoms with van der Waals surface area (Å²) in [5, 5.41) is 18.7. The summed E-state index contributed by atoms with van der Waals surface area (Å²) in [6.07, 6.45) is -1.04. The standard InChI is InChI=1S/C14H14O2/c1-14(2,16)11-10-13(15)9-8-12-6-4-3-5-7-12/h3-7,13,15-16H,1-2H3. The van der Waals surface area contributed by atoms with Crippen molar-refractivity contribution in [2.45, 2.75) is 25.6 Å². The summed E-state index contributed by atoms with van der Waals surface area (Å²) in [7, 11) is 0. The average molecular weight is 214 g/mol. The summed E-state index contributed by atoms with van der Waals surface area (Å²) in [5.41, 5.74) is -0.276. The molecular weight excluding hydrogens is 200 g/mol. The first-order valence-electron chi connectivity index (χ1n) is 4.97. The highest BCUT2D eigenvalue weighted by atomic mass is 16.3. The molecule has 2 nitrogen and oxygen atoms in total. The number of aliphatic hydroxyl groups is 2. The summed E-state index contributed by atoms with van der Waals surface area (Å²) in [5.74, 6) is 10.4. The second kappa shape index (κ2) is 5.37. The van der Waals surface area contributed by atoms with E-state index in [1.165, 1.54) is 0 Å². The third-order valence-corrected chi connectivity index (χ3v) is 1.64. The predicted molar refractivity (Wildman–Crippen MR) is 63.4 cm³/mol. The Hall–Kier alpha value is -1.74. The number of hydrogen-bond donors (Lipinski definition) is 2. The summed E-state index contributed by atoms with van der Waals surface area (Å²) in [6, 6.07) is 9.35. The number of benzene rings is 1. The molecule has 1 aromatic carbocycles. The molecule has 0 fully saturated rings. The summed E-state index contributed by atoms with van der Waals surface area (Å²) in [4.78, 5) is 0. The highest BCUT2D eigenvalue weighted by molar-refractivity contribution is 5.36. The molecule has 1 atom stereocenters. The van der Waals surface area contributed by atoms with Crippen LogP contribution in [0.2, 0.25) is 0 Å². The van der Waals surface area contributed by atoms with Gasteiger partial charge < -0.3 is 10.2 Å². The van der Waals surface area contributed by atoms with E-state index in [4.69, 9.17) is 0 Å². The van der Waals surface area contributed by atoms with Gasteiger partial charge in [-0.1, -0.05) is 41.9 Å². The minimum Gasteiger partial charge on any atom is -0.378 e. The zero-order valence-corrected chi connectivity index (χ0v) is 9.36. The van der Waals surface area contributed by atoms with Crippen LogP contribution < -0.4 is 0 Å². The Bertz CT molecular complexity index is 447. The predicted octanol–water partition coefficient (Wildman–Crippen LogP) is 1.17. The van der Waals surface area contributed by atoms with Gasteiger partial charge in [0.1, 0.15) is 5.60 Å². The molecule has 2 N–H and O–H groups in total. The van der Waals surface area contributed by atoms with Gasteiger partial charge in [-0.25, -0.2) is 0 Å². The second-order valence-electron chi connectivity index (χ2n) is 3.87. The molecule has 0 saturated carbocycles. The van der Waals surface area contributed by atoms with E-state index in [-0.39, 0.29) is 0 Å². The highest BCUT2D eigenvalue weighted by Gasteiger charge is 2.06. The van der Waals surface area contributed by atoms with Gasteiger partial charge in [-0.05, 0) is 26.0 Å². The largest absolute Gasteiger partial charge is 0.378 e. The molecule has 2 heteroatoms. The summed E-state index contributed by atoms with van der Waals surface area (Å²) < 4.78 is 0. The van der Waals surface area contributed by atoms with E-state index < -0.39 is 11.7 Å². The first-order chi connectivity index (χ1) is 7.47. The normalized spacial score (nSPS) is 11.8. The molecule has 0 spiro atoms. The maximum atomic E-state index is 9.42. The lowest BCUT2D eigenvalue weighted by Crippen LogP contribution is -2.15.